The van der Waals surface area contributed by atoms with E-state index < -0.39 is 0 Å². The first-order chi connectivity index (χ1) is 7.31. The van der Waals surface area contributed by atoms with Gasteiger partial charge in [0, 0.05) is 25.7 Å². The lowest BCUT2D eigenvalue weighted by molar-refractivity contribution is 0.462. The largest absolute Gasteiger partial charge is 0.350 e. The van der Waals surface area contributed by atoms with E-state index in [4.69, 9.17) is 11.6 Å². The Morgan fingerprint density at radius 3 is 3.20 bits per heavy atom. The Labute approximate surface area is 94.7 Å². The molecule has 0 spiro atoms. The molecule has 1 aromatic heterocycles. The van der Waals surface area contributed by atoms with Gasteiger partial charge in [-0.1, -0.05) is 18.5 Å². The lowest BCUT2D eigenvalue weighted by atomic mass is 10.1. The number of aromatic nitrogens is 2. The van der Waals surface area contributed by atoms with Crippen molar-refractivity contribution in [3.63, 3.8) is 0 Å². The minimum Gasteiger partial charge on any atom is -0.350 e. The second-order valence-corrected chi connectivity index (χ2v) is 4.05. The van der Waals surface area contributed by atoms with Crippen LogP contribution in [0.15, 0.2) is 12.4 Å². The maximum absolute atomic E-state index is 5.84. The molecule has 4 nitrogen and oxygen atoms in total. The Hall–Kier alpha value is -0.870. The maximum atomic E-state index is 5.84. The number of hydrogen-bond acceptors (Lipinski definition) is 4. The zero-order valence-electron chi connectivity index (χ0n) is 8.78. The van der Waals surface area contributed by atoms with E-state index >= 15 is 0 Å². The molecule has 1 aliphatic rings. The number of rotatable bonds is 2. The molecule has 1 saturated heterocycles. The Bertz CT molecular complexity index is 331. The minimum atomic E-state index is 0.459. The third-order valence-corrected chi connectivity index (χ3v) is 2.89. The van der Waals surface area contributed by atoms with Crippen LogP contribution in [0.5, 0.6) is 0 Å². The van der Waals surface area contributed by atoms with E-state index in [1.54, 1.807) is 12.4 Å². The van der Waals surface area contributed by atoms with Crippen molar-refractivity contribution < 1.29 is 0 Å². The van der Waals surface area contributed by atoms with Crippen LogP contribution in [0.25, 0.3) is 0 Å². The third kappa shape index (κ3) is 2.38. The molecule has 1 fully saturated rings. The predicted octanol–water partition coefficient (Wildman–Crippen LogP) is 1.32. The molecule has 0 aliphatic carbocycles. The van der Waals surface area contributed by atoms with Crippen molar-refractivity contribution in [1.29, 1.82) is 0 Å². The number of nitrogens with zero attached hydrogens (tertiary/aromatic N) is 3. The Kier molecular flexibility index (Phi) is 3.38. The monoisotopic (exact) mass is 226 g/mol. The van der Waals surface area contributed by atoms with Crippen molar-refractivity contribution in [2.75, 3.05) is 24.5 Å². The van der Waals surface area contributed by atoms with Gasteiger partial charge in [-0.2, -0.15) is 0 Å². The van der Waals surface area contributed by atoms with Crippen LogP contribution in [-0.2, 0) is 0 Å². The van der Waals surface area contributed by atoms with Gasteiger partial charge in [-0.3, -0.25) is 4.98 Å². The van der Waals surface area contributed by atoms with E-state index in [0.717, 1.165) is 31.9 Å². The highest BCUT2D eigenvalue weighted by Crippen LogP contribution is 2.18. The average molecular weight is 227 g/mol. The van der Waals surface area contributed by atoms with Crippen LogP contribution < -0.4 is 10.2 Å². The van der Waals surface area contributed by atoms with Crippen LogP contribution in [0, 0.1) is 0 Å². The molecule has 1 aliphatic heterocycles. The van der Waals surface area contributed by atoms with Crippen molar-refractivity contribution in [3.05, 3.63) is 17.5 Å². The Balaban J connectivity index is 2.20. The molecular formula is C10H15ClN4. The maximum Gasteiger partial charge on any atom is 0.149 e. The summed E-state index contributed by atoms with van der Waals surface area (Å²) >= 11 is 5.84. The summed E-state index contributed by atoms with van der Waals surface area (Å²) in [5.74, 6) is 0.885. The topological polar surface area (TPSA) is 41.0 Å². The number of halogens is 1. The van der Waals surface area contributed by atoms with E-state index in [0.29, 0.717) is 11.2 Å². The van der Waals surface area contributed by atoms with Crippen LogP contribution in [0.1, 0.15) is 13.3 Å². The van der Waals surface area contributed by atoms with Gasteiger partial charge in [0.2, 0.25) is 0 Å². The first-order valence-corrected chi connectivity index (χ1v) is 5.64. The molecule has 1 N–H and O–H groups in total. The number of piperazine rings is 1. The molecule has 0 amide bonds. The molecule has 15 heavy (non-hydrogen) atoms. The van der Waals surface area contributed by atoms with Gasteiger partial charge in [0.25, 0.3) is 0 Å². The van der Waals surface area contributed by atoms with Gasteiger partial charge in [0.15, 0.2) is 0 Å². The van der Waals surface area contributed by atoms with Crippen LogP contribution in [-0.4, -0.2) is 35.6 Å². The Morgan fingerprint density at radius 1 is 1.60 bits per heavy atom. The van der Waals surface area contributed by atoms with Crippen LogP contribution in [0.2, 0.25) is 5.15 Å². The highest BCUT2D eigenvalue weighted by molar-refractivity contribution is 6.29. The van der Waals surface area contributed by atoms with E-state index in [2.05, 4.69) is 27.1 Å². The molecule has 0 radical (unpaired) electrons. The number of hydrogen-bond donors (Lipinski definition) is 1. The molecule has 2 rings (SSSR count). The smallest absolute Gasteiger partial charge is 0.149 e. The second kappa shape index (κ2) is 4.77. The lowest BCUT2D eigenvalue weighted by Crippen LogP contribution is -2.51. The highest BCUT2D eigenvalue weighted by Gasteiger charge is 2.21. The van der Waals surface area contributed by atoms with E-state index in [1.165, 1.54) is 0 Å². The lowest BCUT2D eigenvalue weighted by Gasteiger charge is -2.36. The zero-order valence-corrected chi connectivity index (χ0v) is 9.54. The number of anilines is 1. The molecular weight excluding hydrogens is 212 g/mol. The van der Waals surface area contributed by atoms with Crippen molar-refractivity contribution in [3.8, 4) is 0 Å². The minimum absolute atomic E-state index is 0.459. The van der Waals surface area contributed by atoms with Gasteiger partial charge in [0.1, 0.15) is 11.0 Å². The van der Waals surface area contributed by atoms with Gasteiger partial charge in [0.05, 0.1) is 12.4 Å². The molecule has 82 valence electrons. The summed E-state index contributed by atoms with van der Waals surface area (Å²) in [4.78, 5) is 10.6. The average Bonchev–Trinajstić information content (AvgIpc) is 2.29. The van der Waals surface area contributed by atoms with Gasteiger partial charge in [-0.15, -0.1) is 0 Å². The van der Waals surface area contributed by atoms with Gasteiger partial charge >= 0.3 is 0 Å². The summed E-state index contributed by atoms with van der Waals surface area (Å²) in [7, 11) is 0. The predicted molar refractivity (Wildman–Crippen MR) is 61.3 cm³/mol. The fraction of sp³-hybridized carbons (Fsp3) is 0.600. The third-order valence-electron chi connectivity index (χ3n) is 2.71. The van der Waals surface area contributed by atoms with Crippen LogP contribution in [0.3, 0.4) is 0 Å². The van der Waals surface area contributed by atoms with Gasteiger partial charge < -0.3 is 10.2 Å². The molecule has 1 aromatic rings. The molecule has 1 unspecified atom stereocenters. The fourth-order valence-electron chi connectivity index (χ4n) is 1.90. The summed E-state index contributed by atoms with van der Waals surface area (Å²) in [6, 6.07) is 0.492. The summed E-state index contributed by atoms with van der Waals surface area (Å²) in [5, 5.41) is 3.84. The SMILES string of the molecule is CCC1CNCCN1c1cncc(Cl)n1. The van der Waals surface area contributed by atoms with E-state index in [1.807, 2.05) is 0 Å². The molecule has 2 heterocycles. The normalized spacial score (nSPS) is 21.7. The standard InChI is InChI=1S/C10H15ClN4/c1-2-8-5-12-3-4-15(8)10-7-13-6-9(11)14-10/h6-8,12H,2-5H2,1H3. The fourth-order valence-corrected chi connectivity index (χ4v) is 2.04. The summed E-state index contributed by atoms with van der Waals surface area (Å²) in [5.41, 5.74) is 0. The van der Waals surface area contributed by atoms with Gasteiger partial charge in [-0.25, -0.2) is 4.98 Å². The molecule has 0 bridgehead atoms. The quantitative estimate of drug-likeness (QED) is 0.826. The van der Waals surface area contributed by atoms with Crippen molar-refractivity contribution >= 4 is 17.4 Å². The summed E-state index contributed by atoms with van der Waals surface area (Å²) < 4.78 is 0. The van der Waals surface area contributed by atoms with Gasteiger partial charge in [-0.05, 0) is 6.42 Å². The highest BCUT2D eigenvalue weighted by atomic mass is 35.5. The van der Waals surface area contributed by atoms with E-state index in [9.17, 15) is 0 Å². The van der Waals surface area contributed by atoms with Crippen molar-refractivity contribution in [1.82, 2.24) is 15.3 Å². The molecule has 0 saturated carbocycles. The second-order valence-electron chi connectivity index (χ2n) is 3.66. The molecule has 5 heteroatoms. The zero-order chi connectivity index (χ0) is 10.7. The van der Waals surface area contributed by atoms with Crippen molar-refractivity contribution in [2.45, 2.75) is 19.4 Å². The molecule has 0 aromatic carbocycles. The molecule has 1 atom stereocenters. The first kappa shape index (κ1) is 10.6. The summed E-state index contributed by atoms with van der Waals surface area (Å²) in [6.07, 6.45) is 4.44. The van der Waals surface area contributed by atoms with E-state index in [-0.39, 0.29) is 0 Å². The summed E-state index contributed by atoms with van der Waals surface area (Å²) in [6.45, 7) is 5.14. The Morgan fingerprint density at radius 2 is 2.47 bits per heavy atom. The van der Waals surface area contributed by atoms with Crippen LogP contribution in [0.4, 0.5) is 5.82 Å². The first-order valence-electron chi connectivity index (χ1n) is 5.26. The van der Waals surface area contributed by atoms with Crippen molar-refractivity contribution in [2.24, 2.45) is 0 Å². The van der Waals surface area contributed by atoms with Crippen LogP contribution >= 0.6 is 11.6 Å². The number of nitrogens with one attached hydrogen (secondary N) is 1.